The van der Waals surface area contributed by atoms with Gasteiger partial charge in [0.25, 0.3) is 0 Å². The van der Waals surface area contributed by atoms with Crippen LogP contribution in [-0.4, -0.2) is 69.8 Å². The highest BCUT2D eigenvalue weighted by Gasteiger charge is 2.36. The average molecular weight is 522 g/mol. The summed E-state index contributed by atoms with van der Waals surface area (Å²) in [4.78, 5) is 41.0. The molecule has 36 heavy (non-hydrogen) atoms. The number of ether oxygens (including phenoxy) is 1. The molecule has 192 valence electrons. The van der Waals surface area contributed by atoms with E-state index in [-0.39, 0.29) is 6.54 Å². The van der Waals surface area contributed by atoms with Crippen molar-refractivity contribution in [2.45, 2.75) is 44.4 Å². The Labute approximate surface area is 204 Å². The average Bonchev–Trinajstić information content (AvgIpc) is 3.42. The Morgan fingerprint density at radius 3 is 2.53 bits per heavy atom. The summed E-state index contributed by atoms with van der Waals surface area (Å²) in [6.07, 6.45) is 2.19. The molecule has 2 aliphatic rings. The lowest BCUT2D eigenvalue weighted by atomic mass is 10.1. The molecule has 2 atom stereocenters. The number of anilines is 1. The summed E-state index contributed by atoms with van der Waals surface area (Å²) in [7, 11) is -4.64. The maximum Gasteiger partial charge on any atom is 0.466 e. The van der Waals surface area contributed by atoms with Gasteiger partial charge in [0.05, 0.1) is 24.4 Å². The molecule has 1 saturated carbocycles. The van der Waals surface area contributed by atoms with E-state index in [9.17, 15) is 14.3 Å². The van der Waals surface area contributed by atoms with Crippen molar-refractivity contribution in [1.82, 2.24) is 25.2 Å². The minimum Gasteiger partial charge on any atom is -0.441 e. The van der Waals surface area contributed by atoms with Gasteiger partial charge in [0, 0.05) is 17.3 Å². The van der Waals surface area contributed by atoms with Gasteiger partial charge in [-0.1, -0.05) is 13.0 Å². The third-order valence-electron chi connectivity index (χ3n) is 5.55. The summed E-state index contributed by atoms with van der Waals surface area (Å²) in [5, 5.41) is 22.3. The maximum absolute atomic E-state index is 14.9. The molecule has 1 saturated heterocycles. The van der Waals surface area contributed by atoms with E-state index < -0.39 is 31.9 Å². The van der Waals surface area contributed by atoms with Gasteiger partial charge in [-0.05, 0) is 48.7 Å². The first kappa shape index (κ1) is 25.8. The summed E-state index contributed by atoms with van der Waals surface area (Å²) in [6.45, 7) is 1.98. The Morgan fingerprint density at radius 1 is 1.22 bits per heavy atom. The Hall–Kier alpha value is -3.29. The Balaban J connectivity index is 0.000000556. The number of carbonyl (C=O) groups excluding carboxylic acids is 1. The number of hydrogen-bond donors (Lipinski definition) is 4. The van der Waals surface area contributed by atoms with Crippen LogP contribution in [0, 0.1) is 5.82 Å². The number of tetrazole rings is 1. The molecule has 5 rings (SSSR count). The quantitative estimate of drug-likeness (QED) is 0.347. The number of amides is 1. The van der Waals surface area contributed by atoms with Crippen molar-refractivity contribution in [3.05, 3.63) is 42.3 Å². The highest BCUT2D eigenvalue weighted by Crippen LogP contribution is 2.33. The second kappa shape index (κ2) is 10.4. The van der Waals surface area contributed by atoms with E-state index in [2.05, 4.69) is 20.4 Å². The standard InChI is InChI=1S/C21H21FN6O3.H3O4P/c1-2-18(29)19-11-27(21(30)31-19)14-6-7-15(16(22)9-14)12-3-8-17(23-10-12)20-24-26-28(25-20)13-4-5-13;1-5(2,3)4/h3,6-10,13,18-19,29H,2,4-5,11H2,1H3;(H3,1,2,3,4)/t18?,19-;/m1./s1. The third kappa shape index (κ3) is 6.28. The topological polar surface area (TPSA) is 184 Å². The normalized spacial score (nSPS) is 18.4. The van der Waals surface area contributed by atoms with Crippen LogP contribution >= 0.6 is 7.82 Å². The van der Waals surface area contributed by atoms with Crippen LogP contribution in [0.2, 0.25) is 0 Å². The molecule has 1 aliphatic heterocycles. The molecule has 3 aromatic rings. The molecule has 0 bridgehead atoms. The molecule has 0 spiro atoms. The molecule has 1 amide bonds. The van der Waals surface area contributed by atoms with Crippen molar-refractivity contribution in [3.8, 4) is 22.6 Å². The van der Waals surface area contributed by atoms with E-state index in [4.69, 9.17) is 24.0 Å². The van der Waals surface area contributed by atoms with Gasteiger partial charge in [0.2, 0.25) is 5.82 Å². The van der Waals surface area contributed by atoms with Crippen molar-refractivity contribution in [2.24, 2.45) is 0 Å². The summed E-state index contributed by atoms with van der Waals surface area (Å²) >= 11 is 0. The largest absolute Gasteiger partial charge is 0.466 e. The number of hydrogen-bond acceptors (Lipinski definition) is 8. The van der Waals surface area contributed by atoms with Gasteiger partial charge in [-0.2, -0.15) is 4.80 Å². The van der Waals surface area contributed by atoms with Crippen LogP contribution < -0.4 is 4.90 Å². The second-order valence-corrected chi connectivity index (χ2v) is 9.31. The number of aliphatic hydroxyl groups excluding tert-OH is 1. The van der Waals surface area contributed by atoms with Crippen molar-refractivity contribution in [3.63, 3.8) is 0 Å². The van der Waals surface area contributed by atoms with Gasteiger partial charge in [-0.15, -0.1) is 10.2 Å². The monoisotopic (exact) mass is 522 g/mol. The van der Waals surface area contributed by atoms with E-state index in [1.54, 1.807) is 42.2 Å². The fraction of sp³-hybridized carbons (Fsp3) is 0.381. The smallest absolute Gasteiger partial charge is 0.441 e. The number of benzene rings is 1. The first-order valence-corrected chi connectivity index (χ1v) is 12.6. The summed E-state index contributed by atoms with van der Waals surface area (Å²) < 4.78 is 28.9. The first-order chi connectivity index (χ1) is 17.0. The number of pyridine rings is 1. The fourth-order valence-electron chi connectivity index (χ4n) is 3.54. The lowest BCUT2D eigenvalue weighted by Gasteiger charge is -2.16. The van der Waals surface area contributed by atoms with Gasteiger partial charge in [-0.25, -0.2) is 13.8 Å². The van der Waals surface area contributed by atoms with Crippen molar-refractivity contribution in [2.75, 3.05) is 11.4 Å². The van der Waals surface area contributed by atoms with Crippen LogP contribution in [0.4, 0.5) is 14.9 Å². The number of rotatable bonds is 6. The first-order valence-electron chi connectivity index (χ1n) is 11.0. The molecule has 2 aromatic heterocycles. The summed E-state index contributed by atoms with van der Waals surface area (Å²) in [6, 6.07) is 8.34. The highest BCUT2D eigenvalue weighted by molar-refractivity contribution is 7.45. The molecule has 2 fully saturated rings. The Kier molecular flexibility index (Phi) is 7.43. The zero-order valence-corrected chi connectivity index (χ0v) is 19.9. The number of aliphatic hydroxyl groups is 1. The number of aromatic nitrogens is 5. The molecular formula is C21H24FN6O7P. The van der Waals surface area contributed by atoms with Gasteiger partial charge in [0.1, 0.15) is 17.6 Å². The molecule has 3 heterocycles. The molecule has 1 aromatic carbocycles. The number of cyclic esters (lactones) is 1. The number of carbonyl (C=O) groups is 1. The van der Waals surface area contributed by atoms with E-state index in [1.165, 1.54) is 11.0 Å². The van der Waals surface area contributed by atoms with E-state index in [0.29, 0.717) is 40.8 Å². The van der Waals surface area contributed by atoms with Gasteiger partial charge < -0.3 is 24.5 Å². The fourth-order valence-corrected chi connectivity index (χ4v) is 3.54. The third-order valence-corrected chi connectivity index (χ3v) is 5.55. The van der Waals surface area contributed by atoms with E-state index in [1.807, 2.05) is 0 Å². The van der Waals surface area contributed by atoms with Gasteiger partial charge in [-0.3, -0.25) is 9.88 Å². The Morgan fingerprint density at radius 2 is 1.94 bits per heavy atom. The molecule has 4 N–H and O–H groups in total. The van der Waals surface area contributed by atoms with Crippen LogP contribution in [0.5, 0.6) is 0 Å². The highest BCUT2D eigenvalue weighted by atomic mass is 31.2. The minimum atomic E-state index is -4.64. The number of phosphoric acid groups is 1. The van der Waals surface area contributed by atoms with Crippen LogP contribution in [0.25, 0.3) is 22.6 Å². The zero-order valence-electron chi connectivity index (χ0n) is 19.0. The van der Waals surface area contributed by atoms with Crippen molar-refractivity contribution in [1.29, 1.82) is 0 Å². The number of nitrogens with zero attached hydrogens (tertiary/aromatic N) is 6. The second-order valence-electron chi connectivity index (χ2n) is 8.28. The van der Waals surface area contributed by atoms with Crippen LogP contribution in [0.15, 0.2) is 36.5 Å². The maximum atomic E-state index is 14.9. The van der Waals surface area contributed by atoms with E-state index >= 15 is 0 Å². The number of halogens is 1. The predicted molar refractivity (Wildman–Crippen MR) is 123 cm³/mol. The molecule has 15 heteroatoms. The summed E-state index contributed by atoms with van der Waals surface area (Å²) in [5.41, 5.74) is 1.89. The van der Waals surface area contributed by atoms with Gasteiger partial charge in [0.15, 0.2) is 0 Å². The summed E-state index contributed by atoms with van der Waals surface area (Å²) in [5.74, 6) is -0.0530. The lowest BCUT2D eigenvalue weighted by molar-refractivity contribution is 0.0308. The van der Waals surface area contributed by atoms with Gasteiger partial charge >= 0.3 is 13.9 Å². The minimum absolute atomic E-state index is 0.178. The molecule has 13 nitrogen and oxygen atoms in total. The molecule has 0 radical (unpaired) electrons. The molecular weight excluding hydrogens is 498 g/mol. The van der Waals surface area contributed by atoms with Crippen molar-refractivity contribution >= 4 is 19.6 Å². The molecule has 1 unspecified atom stereocenters. The predicted octanol–water partition coefficient (Wildman–Crippen LogP) is 2.04. The molecule has 1 aliphatic carbocycles. The lowest BCUT2D eigenvalue weighted by Crippen LogP contribution is -2.30. The Bertz CT molecular complexity index is 1270. The zero-order chi connectivity index (χ0) is 26.0. The van der Waals surface area contributed by atoms with Crippen LogP contribution in [0.1, 0.15) is 32.2 Å². The van der Waals surface area contributed by atoms with E-state index in [0.717, 1.165) is 12.8 Å². The van der Waals surface area contributed by atoms with Crippen molar-refractivity contribution < 1.29 is 38.3 Å². The SMILES string of the molecule is CCC(O)[C@H]1CN(c2ccc(-c3ccc(-c4nnn(C5CC5)n4)nc3)c(F)c2)C(=O)O1.O=P(O)(O)O. The van der Waals surface area contributed by atoms with Crippen LogP contribution in [0.3, 0.4) is 0 Å². The van der Waals surface area contributed by atoms with Crippen LogP contribution in [-0.2, 0) is 9.30 Å².